The molecule has 7 nitrogen and oxygen atoms in total. The Morgan fingerprint density at radius 2 is 1.93 bits per heavy atom. The molecule has 2 heterocycles. The topological polar surface area (TPSA) is 92.2 Å². The molecular weight excluding hydrogens is 404 g/mol. The zero-order valence-corrected chi connectivity index (χ0v) is 18.0. The van der Waals surface area contributed by atoms with E-state index in [9.17, 15) is 14.4 Å². The van der Waals surface area contributed by atoms with Crippen molar-refractivity contribution < 1.29 is 9.59 Å². The first-order valence-corrected chi connectivity index (χ1v) is 10.1. The van der Waals surface area contributed by atoms with E-state index in [4.69, 9.17) is 0 Å². The third-order valence-corrected chi connectivity index (χ3v) is 5.21. The molecule has 3 N–H and O–H groups in total. The average Bonchev–Trinajstić information content (AvgIpc) is 2.76. The zero-order valence-electron chi connectivity index (χ0n) is 17.1. The van der Waals surface area contributed by atoms with Crippen LogP contribution in [0.3, 0.4) is 0 Å². The van der Waals surface area contributed by atoms with Crippen LogP contribution in [-0.2, 0) is 6.54 Å². The number of carbonyl (C=O) groups is 2. The van der Waals surface area contributed by atoms with Gasteiger partial charge < -0.3 is 20.5 Å². The van der Waals surface area contributed by atoms with E-state index in [-0.39, 0.29) is 30.4 Å². The molecule has 8 heteroatoms. The first-order chi connectivity index (χ1) is 14.1. The molecule has 1 aliphatic rings. The van der Waals surface area contributed by atoms with Crippen molar-refractivity contribution in [3.63, 3.8) is 0 Å². The van der Waals surface area contributed by atoms with Gasteiger partial charge in [-0.1, -0.05) is 36.8 Å². The highest BCUT2D eigenvalue weighted by Gasteiger charge is 2.18. The zero-order chi connectivity index (χ0) is 20.6. The Bertz CT molecular complexity index is 908. The first-order valence-electron chi connectivity index (χ1n) is 10.1. The van der Waals surface area contributed by atoms with Gasteiger partial charge in [0.2, 0.25) is 0 Å². The van der Waals surface area contributed by atoms with E-state index in [1.165, 1.54) is 36.7 Å². The Hall–Kier alpha value is -2.64. The highest BCUT2D eigenvalue weighted by Crippen LogP contribution is 2.10. The third-order valence-electron chi connectivity index (χ3n) is 5.21. The molecule has 1 fully saturated rings. The van der Waals surface area contributed by atoms with Crippen molar-refractivity contribution in [2.24, 2.45) is 0 Å². The number of benzene rings is 1. The Kier molecular flexibility index (Phi) is 9.08. The molecule has 0 spiro atoms. The minimum Gasteiger partial charge on any atom is -0.355 e. The van der Waals surface area contributed by atoms with Gasteiger partial charge in [0.05, 0.1) is 12.1 Å². The van der Waals surface area contributed by atoms with Gasteiger partial charge in [0.1, 0.15) is 5.56 Å². The van der Waals surface area contributed by atoms with Gasteiger partial charge in [-0.2, -0.15) is 0 Å². The van der Waals surface area contributed by atoms with E-state index in [0.717, 1.165) is 24.9 Å². The van der Waals surface area contributed by atoms with Crippen LogP contribution in [0.15, 0.2) is 47.4 Å². The number of nitrogens with one attached hydrogen (secondary N) is 3. The summed E-state index contributed by atoms with van der Waals surface area (Å²) in [6, 6.07) is 11.3. The highest BCUT2D eigenvalue weighted by atomic mass is 35.5. The maximum atomic E-state index is 12.7. The molecule has 3 rings (SSSR count). The Balaban J connectivity index is 0.00000320. The van der Waals surface area contributed by atoms with Crippen molar-refractivity contribution in [1.29, 1.82) is 0 Å². The lowest BCUT2D eigenvalue weighted by Crippen LogP contribution is -2.38. The molecule has 1 atom stereocenters. The maximum absolute atomic E-state index is 12.7. The van der Waals surface area contributed by atoms with Crippen molar-refractivity contribution in [3.8, 4) is 0 Å². The summed E-state index contributed by atoms with van der Waals surface area (Å²) in [5.74, 6) is -0.786. The fourth-order valence-electron chi connectivity index (χ4n) is 3.59. The number of piperidine rings is 1. The van der Waals surface area contributed by atoms with E-state index in [1.54, 1.807) is 0 Å². The largest absolute Gasteiger partial charge is 0.355 e. The summed E-state index contributed by atoms with van der Waals surface area (Å²) >= 11 is 0. The standard InChI is InChI=1S/C22H28N4O3.ClH/c1-23-21(28)19-13-17(20(27)25-12-10-18-9-5-6-11-24-18)15-26(22(19)29)14-16-7-3-2-4-8-16;/h2-4,7-8,13,15,18,24H,5-6,9-12,14H2,1H3,(H,23,28)(H,25,27);1H. The van der Waals surface area contributed by atoms with E-state index < -0.39 is 11.5 Å². The summed E-state index contributed by atoms with van der Waals surface area (Å²) in [7, 11) is 1.47. The summed E-state index contributed by atoms with van der Waals surface area (Å²) in [6.45, 7) is 1.86. The molecule has 30 heavy (non-hydrogen) atoms. The Labute approximate surface area is 182 Å². The molecular formula is C22H29ClN4O3. The van der Waals surface area contributed by atoms with Crippen LogP contribution in [0.2, 0.25) is 0 Å². The summed E-state index contributed by atoms with van der Waals surface area (Å²) in [5.41, 5.74) is 0.760. The van der Waals surface area contributed by atoms with E-state index in [0.29, 0.717) is 18.2 Å². The van der Waals surface area contributed by atoms with Crippen LogP contribution in [-0.4, -0.2) is 42.6 Å². The summed E-state index contributed by atoms with van der Waals surface area (Å²) in [6.07, 6.45) is 5.92. The number of carbonyl (C=O) groups excluding carboxylic acids is 2. The molecule has 1 unspecified atom stereocenters. The second-order valence-corrected chi connectivity index (χ2v) is 7.33. The first kappa shape index (κ1) is 23.6. The van der Waals surface area contributed by atoms with Crippen LogP contribution in [0.4, 0.5) is 0 Å². The number of hydrogen-bond acceptors (Lipinski definition) is 4. The fraction of sp³-hybridized carbons (Fsp3) is 0.409. The predicted molar refractivity (Wildman–Crippen MR) is 119 cm³/mol. The molecule has 1 aromatic heterocycles. The maximum Gasteiger partial charge on any atom is 0.263 e. The minimum atomic E-state index is -0.502. The second kappa shape index (κ2) is 11.5. The molecule has 0 bridgehead atoms. The molecule has 1 aromatic carbocycles. The van der Waals surface area contributed by atoms with Gasteiger partial charge in [-0.25, -0.2) is 0 Å². The smallest absolute Gasteiger partial charge is 0.263 e. The third kappa shape index (κ3) is 6.18. The molecule has 0 radical (unpaired) electrons. The van der Waals surface area contributed by atoms with Gasteiger partial charge in [0, 0.05) is 25.8 Å². The van der Waals surface area contributed by atoms with Gasteiger partial charge in [0.15, 0.2) is 0 Å². The summed E-state index contributed by atoms with van der Waals surface area (Å²) in [4.78, 5) is 37.6. The number of amides is 2. The van der Waals surface area contributed by atoms with Crippen LogP contribution in [0.25, 0.3) is 0 Å². The predicted octanol–water partition coefficient (Wildman–Crippen LogP) is 1.94. The summed E-state index contributed by atoms with van der Waals surface area (Å²) < 4.78 is 1.41. The number of aromatic nitrogens is 1. The van der Waals surface area contributed by atoms with Gasteiger partial charge in [-0.3, -0.25) is 14.4 Å². The normalized spacial score (nSPS) is 15.7. The van der Waals surface area contributed by atoms with Crippen LogP contribution >= 0.6 is 12.4 Å². The Morgan fingerprint density at radius 1 is 1.17 bits per heavy atom. The monoisotopic (exact) mass is 432 g/mol. The molecule has 0 saturated carbocycles. The molecule has 1 saturated heterocycles. The number of rotatable bonds is 7. The Morgan fingerprint density at radius 3 is 2.60 bits per heavy atom. The number of hydrogen-bond donors (Lipinski definition) is 3. The molecule has 1 aliphatic heterocycles. The van der Waals surface area contributed by atoms with Crippen molar-refractivity contribution in [2.45, 2.75) is 38.3 Å². The van der Waals surface area contributed by atoms with Crippen LogP contribution in [0.5, 0.6) is 0 Å². The quantitative estimate of drug-likeness (QED) is 0.623. The highest BCUT2D eigenvalue weighted by molar-refractivity contribution is 5.99. The fourth-order valence-corrected chi connectivity index (χ4v) is 3.59. The molecule has 162 valence electrons. The SMILES string of the molecule is CNC(=O)c1cc(C(=O)NCCC2CCCCN2)cn(Cc2ccccc2)c1=O.Cl. The molecule has 2 amide bonds. The molecule has 0 aliphatic carbocycles. The van der Waals surface area contributed by atoms with Gasteiger partial charge in [0.25, 0.3) is 17.4 Å². The lowest BCUT2D eigenvalue weighted by atomic mass is 10.0. The number of nitrogens with zero attached hydrogens (tertiary/aromatic N) is 1. The van der Waals surface area contributed by atoms with Crippen molar-refractivity contribution in [2.75, 3.05) is 20.1 Å². The lowest BCUT2D eigenvalue weighted by Gasteiger charge is -2.23. The van der Waals surface area contributed by atoms with Crippen molar-refractivity contribution in [1.82, 2.24) is 20.5 Å². The molecule has 2 aromatic rings. The number of halogens is 1. The van der Waals surface area contributed by atoms with Gasteiger partial charge in [-0.15, -0.1) is 12.4 Å². The minimum absolute atomic E-state index is 0. The lowest BCUT2D eigenvalue weighted by molar-refractivity contribution is 0.0950. The second-order valence-electron chi connectivity index (χ2n) is 7.33. The van der Waals surface area contributed by atoms with Crippen molar-refractivity contribution in [3.05, 3.63) is 69.6 Å². The van der Waals surface area contributed by atoms with Gasteiger partial charge >= 0.3 is 0 Å². The number of pyridine rings is 1. The van der Waals surface area contributed by atoms with E-state index in [2.05, 4.69) is 16.0 Å². The van der Waals surface area contributed by atoms with Crippen LogP contribution < -0.4 is 21.5 Å². The van der Waals surface area contributed by atoms with E-state index >= 15 is 0 Å². The van der Waals surface area contributed by atoms with Crippen LogP contribution in [0.1, 0.15) is 52.0 Å². The van der Waals surface area contributed by atoms with Crippen molar-refractivity contribution >= 4 is 24.2 Å². The average molecular weight is 433 g/mol. The van der Waals surface area contributed by atoms with Gasteiger partial charge in [-0.05, 0) is 37.4 Å². The summed E-state index contributed by atoms with van der Waals surface area (Å²) in [5, 5.41) is 8.85. The van der Waals surface area contributed by atoms with E-state index in [1.807, 2.05) is 30.3 Å². The van der Waals surface area contributed by atoms with Crippen LogP contribution in [0, 0.1) is 0 Å².